The molecule has 15 heavy (non-hydrogen) atoms. The third-order valence-corrected chi connectivity index (χ3v) is 2.51. The van der Waals surface area contributed by atoms with E-state index in [9.17, 15) is 13.2 Å². The van der Waals surface area contributed by atoms with Crippen molar-refractivity contribution < 1.29 is 13.2 Å². The number of alkyl halides is 3. The fourth-order valence-electron chi connectivity index (χ4n) is 1.39. The van der Waals surface area contributed by atoms with Gasteiger partial charge in [0.05, 0.1) is 0 Å². The van der Waals surface area contributed by atoms with E-state index in [-0.39, 0.29) is 5.92 Å². The summed E-state index contributed by atoms with van der Waals surface area (Å²) < 4.78 is 37.2. The van der Waals surface area contributed by atoms with Gasteiger partial charge in [-0.05, 0) is 30.9 Å². The van der Waals surface area contributed by atoms with Crippen molar-refractivity contribution in [3.05, 3.63) is 29.1 Å². The SMILES string of the molecule is CCC(C)c1nc(C(F)(F)F)ccc1C. The van der Waals surface area contributed by atoms with Crippen molar-refractivity contribution >= 4 is 0 Å². The Morgan fingerprint density at radius 2 is 1.93 bits per heavy atom. The summed E-state index contributed by atoms with van der Waals surface area (Å²) in [5.74, 6) is 0.0623. The molecule has 4 heteroatoms. The molecule has 1 aromatic heterocycles. The van der Waals surface area contributed by atoms with Gasteiger partial charge in [0.25, 0.3) is 0 Å². The minimum absolute atomic E-state index is 0.0623. The van der Waals surface area contributed by atoms with Gasteiger partial charge in [-0.25, -0.2) is 4.98 Å². The molecule has 0 aliphatic heterocycles. The molecule has 0 N–H and O–H groups in total. The maximum Gasteiger partial charge on any atom is 0.433 e. The van der Waals surface area contributed by atoms with Crippen LogP contribution in [0.25, 0.3) is 0 Å². The number of nitrogens with zero attached hydrogens (tertiary/aromatic N) is 1. The molecule has 0 saturated carbocycles. The minimum Gasteiger partial charge on any atom is -0.248 e. The van der Waals surface area contributed by atoms with E-state index in [2.05, 4.69) is 4.98 Å². The molecular weight excluding hydrogens is 203 g/mol. The van der Waals surface area contributed by atoms with E-state index in [0.717, 1.165) is 18.1 Å². The number of aryl methyl sites for hydroxylation is 1. The topological polar surface area (TPSA) is 12.9 Å². The van der Waals surface area contributed by atoms with Gasteiger partial charge in [0.15, 0.2) is 0 Å². The van der Waals surface area contributed by atoms with Crippen molar-refractivity contribution in [3.63, 3.8) is 0 Å². The van der Waals surface area contributed by atoms with Crippen LogP contribution in [-0.4, -0.2) is 4.98 Å². The first-order valence-corrected chi connectivity index (χ1v) is 4.91. The fourth-order valence-corrected chi connectivity index (χ4v) is 1.39. The Balaban J connectivity index is 3.17. The van der Waals surface area contributed by atoms with Crippen LogP contribution in [0.15, 0.2) is 12.1 Å². The highest BCUT2D eigenvalue weighted by molar-refractivity contribution is 5.25. The van der Waals surface area contributed by atoms with Crippen LogP contribution in [0.3, 0.4) is 0 Å². The average Bonchev–Trinajstić information content (AvgIpc) is 2.15. The molecule has 0 aliphatic rings. The van der Waals surface area contributed by atoms with Gasteiger partial charge in [-0.2, -0.15) is 13.2 Å². The van der Waals surface area contributed by atoms with Crippen molar-refractivity contribution in [2.75, 3.05) is 0 Å². The highest BCUT2D eigenvalue weighted by atomic mass is 19.4. The quantitative estimate of drug-likeness (QED) is 0.731. The van der Waals surface area contributed by atoms with Crippen LogP contribution in [0, 0.1) is 6.92 Å². The van der Waals surface area contributed by atoms with Crippen LogP contribution in [0.1, 0.15) is 43.1 Å². The summed E-state index contributed by atoms with van der Waals surface area (Å²) >= 11 is 0. The highest BCUT2D eigenvalue weighted by Gasteiger charge is 2.33. The fraction of sp³-hybridized carbons (Fsp3) is 0.545. The van der Waals surface area contributed by atoms with Gasteiger partial charge in [0.1, 0.15) is 5.69 Å². The Morgan fingerprint density at radius 3 is 2.40 bits per heavy atom. The number of aromatic nitrogens is 1. The molecule has 1 heterocycles. The molecule has 1 rings (SSSR count). The summed E-state index contributed by atoms with van der Waals surface area (Å²) in [6.45, 7) is 5.61. The molecule has 84 valence electrons. The smallest absolute Gasteiger partial charge is 0.248 e. The summed E-state index contributed by atoms with van der Waals surface area (Å²) in [5, 5.41) is 0. The third-order valence-electron chi connectivity index (χ3n) is 2.51. The van der Waals surface area contributed by atoms with Crippen molar-refractivity contribution in [2.24, 2.45) is 0 Å². The van der Waals surface area contributed by atoms with Gasteiger partial charge in [0, 0.05) is 5.69 Å². The Bertz CT molecular complexity index is 344. The molecule has 0 spiro atoms. The summed E-state index contributed by atoms with van der Waals surface area (Å²) in [6.07, 6.45) is -3.56. The first kappa shape index (κ1) is 12.0. The number of hydrogen-bond acceptors (Lipinski definition) is 1. The Labute approximate surface area is 87.3 Å². The van der Waals surface area contributed by atoms with Gasteiger partial charge < -0.3 is 0 Å². The van der Waals surface area contributed by atoms with Gasteiger partial charge in [-0.3, -0.25) is 0 Å². The van der Waals surface area contributed by atoms with E-state index in [1.165, 1.54) is 6.07 Å². The van der Waals surface area contributed by atoms with E-state index in [4.69, 9.17) is 0 Å². The van der Waals surface area contributed by atoms with E-state index in [1.54, 1.807) is 6.92 Å². The highest BCUT2D eigenvalue weighted by Crippen LogP contribution is 2.30. The third kappa shape index (κ3) is 2.70. The lowest BCUT2D eigenvalue weighted by atomic mass is 10.00. The molecule has 1 nitrogen and oxygen atoms in total. The zero-order valence-electron chi connectivity index (χ0n) is 9.02. The molecule has 0 aromatic carbocycles. The lowest BCUT2D eigenvalue weighted by molar-refractivity contribution is -0.141. The molecule has 1 aromatic rings. The number of pyridine rings is 1. The molecular formula is C11H14F3N. The van der Waals surface area contributed by atoms with Gasteiger partial charge in [0.2, 0.25) is 0 Å². The van der Waals surface area contributed by atoms with Crippen LogP contribution >= 0.6 is 0 Å². The van der Waals surface area contributed by atoms with Crippen LogP contribution in [0.5, 0.6) is 0 Å². The van der Waals surface area contributed by atoms with Crippen molar-refractivity contribution in [1.82, 2.24) is 4.98 Å². The predicted octanol–water partition coefficient (Wildman–Crippen LogP) is 3.92. The van der Waals surface area contributed by atoms with Crippen molar-refractivity contribution in [3.8, 4) is 0 Å². The summed E-state index contributed by atoms with van der Waals surface area (Å²) in [6, 6.07) is 2.51. The zero-order chi connectivity index (χ0) is 11.6. The van der Waals surface area contributed by atoms with Gasteiger partial charge in [-0.1, -0.05) is 19.9 Å². The van der Waals surface area contributed by atoms with Crippen molar-refractivity contribution in [2.45, 2.75) is 39.3 Å². The Hall–Kier alpha value is -1.06. The molecule has 0 amide bonds. The molecule has 0 radical (unpaired) electrons. The Morgan fingerprint density at radius 1 is 1.33 bits per heavy atom. The second-order valence-corrected chi connectivity index (χ2v) is 3.71. The average molecular weight is 217 g/mol. The molecule has 1 unspecified atom stereocenters. The second kappa shape index (κ2) is 4.21. The maximum atomic E-state index is 12.4. The molecule has 0 saturated heterocycles. The van der Waals surface area contributed by atoms with Gasteiger partial charge >= 0.3 is 6.18 Å². The first-order valence-electron chi connectivity index (χ1n) is 4.91. The molecule has 0 bridgehead atoms. The Kier molecular flexibility index (Phi) is 3.37. The van der Waals surface area contributed by atoms with E-state index in [1.807, 2.05) is 13.8 Å². The van der Waals surface area contributed by atoms with E-state index >= 15 is 0 Å². The largest absolute Gasteiger partial charge is 0.433 e. The zero-order valence-corrected chi connectivity index (χ0v) is 9.02. The van der Waals surface area contributed by atoms with Gasteiger partial charge in [-0.15, -0.1) is 0 Å². The van der Waals surface area contributed by atoms with Crippen molar-refractivity contribution in [1.29, 1.82) is 0 Å². The van der Waals surface area contributed by atoms with Crippen LogP contribution in [0.2, 0.25) is 0 Å². The minimum atomic E-state index is -4.35. The van der Waals surface area contributed by atoms with E-state index < -0.39 is 11.9 Å². The summed E-state index contributed by atoms with van der Waals surface area (Å²) in [7, 11) is 0. The second-order valence-electron chi connectivity index (χ2n) is 3.71. The summed E-state index contributed by atoms with van der Waals surface area (Å²) in [5.41, 5.74) is 0.563. The van der Waals surface area contributed by atoms with Crippen LogP contribution in [-0.2, 0) is 6.18 Å². The first-order chi connectivity index (χ1) is 6.86. The van der Waals surface area contributed by atoms with Crippen LogP contribution in [0.4, 0.5) is 13.2 Å². The predicted molar refractivity (Wildman–Crippen MR) is 52.7 cm³/mol. The standard InChI is InChI=1S/C11H14F3N/c1-4-7(2)10-8(3)5-6-9(15-10)11(12,13)14/h5-7H,4H2,1-3H3. The lowest BCUT2D eigenvalue weighted by Gasteiger charge is -2.14. The monoisotopic (exact) mass is 217 g/mol. The normalized spacial score (nSPS) is 14.0. The van der Waals surface area contributed by atoms with E-state index in [0.29, 0.717) is 5.69 Å². The number of rotatable bonds is 2. The molecule has 1 atom stereocenters. The number of hydrogen-bond donors (Lipinski definition) is 0. The molecule has 0 aliphatic carbocycles. The lowest BCUT2D eigenvalue weighted by Crippen LogP contribution is -2.11. The maximum absolute atomic E-state index is 12.4. The van der Waals surface area contributed by atoms with Crippen LogP contribution < -0.4 is 0 Å². The molecule has 0 fully saturated rings. The summed E-state index contributed by atoms with van der Waals surface area (Å²) in [4.78, 5) is 3.69. The number of halogens is 3.